The summed E-state index contributed by atoms with van der Waals surface area (Å²) in [7, 11) is 0. The van der Waals surface area contributed by atoms with E-state index >= 15 is 0 Å². The molecule has 2 N–H and O–H groups in total. The number of amides is 2. The van der Waals surface area contributed by atoms with Crippen molar-refractivity contribution in [3.8, 4) is 0 Å². The fourth-order valence-corrected chi connectivity index (χ4v) is 6.53. The number of carbonyl (C=O) groups is 2. The standard InChI is InChI=1S/C27H30N2O2S/c1-17-9-11-18(12-10-17)15-25-27(31)29-23-16-20(13-14-24(23)32-25)26(30)28-22-8-4-6-19-5-2-3-7-21(19)22/h2-3,5,7,9-12,15,20,22-24H,4,6,8,13-14,16H2,1H3,(H,28,30)(H,29,31)/b25-15+. The Morgan fingerprint density at radius 1 is 1.09 bits per heavy atom. The van der Waals surface area contributed by atoms with Gasteiger partial charge in [0.2, 0.25) is 5.91 Å². The molecule has 5 rings (SSSR count). The molecule has 1 heterocycles. The summed E-state index contributed by atoms with van der Waals surface area (Å²) in [5.41, 5.74) is 4.89. The zero-order valence-corrected chi connectivity index (χ0v) is 19.3. The molecule has 1 saturated heterocycles. The van der Waals surface area contributed by atoms with Crippen molar-refractivity contribution in [2.24, 2.45) is 5.92 Å². The first-order valence-corrected chi connectivity index (χ1v) is 12.6. The normalized spacial score (nSPS) is 28.4. The summed E-state index contributed by atoms with van der Waals surface area (Å²) in [6.07, 6.45) is 7.73. The molecule has 2 aliphatic carbocycles. The van der Waals surface area contributed by atoms with Crippen molar-refractivity contribution in [2.45, 2.75) is 62.8 Å². The molecule has 4 unspecified atom stereocenters. The van der Waals surface area contributed by atoms with Crippen molar-refractivity contribution in [1.82, 2.24) is 10.6 Å². The van der Waals surface area contributed by atoms with Crippen LogP contribution in [0.3, 0.4) is 0 Å². The number of hydrogen-bond acceptors (Lipinski definition) is 3. The van der Waals surface area contributed by atoms with E-state index < -0.39 is 0 Å². The molecule has 166 valence electrons. The molecule has 5 heteroatoms. The Morgan fingerprint density at radius 2 is 1.91 bits per heavy atom. The second kappa shape index (κ2) is 9.14. The van der Waals surface area contributed by atoms with Gasteiger partial charge in [-0.2, -0.15) is 0 Å². The predicted molar refractivity (Wildman–Crippen MR) is 130 cm³/mol. The molecule has 0 radical (unpaired) electrons. The predicted octanol–water partition coefficient (Wildman–Crippen LogP) is 4.93. The van der Waals surface area contributed by atoms with Crippen LogP contribution in [0.15, 0.2) is 53.4 Å². The Bertz CT molecular complexity index is 1050. The van der Waals surface area contributed by atoms with E-state index in [-0.39, 0.29) is 29.8 Å². The second-order valence-corrected chi connectivity index (χ2v) is 10.6. The van der Waals surface area contributed by atoms with Crippen molar-refractivity contribution in [3.05, 3.63) is 75.7 Å². The van der Waals surface area contributed by atoms with Crippen LogP contribution in [0, 0.1) is 12.8 Å². The van der Waals surface area contributed by atoms with Crippen molar-refractivity contribution in [1.29, 1.82) is 0 Å². The quantitative estimate of drug-likeness (QED) is 0.658. The van der Waals surface area contributed by atoms with Gasteiger partial charge in [0.05, 0.1) is 10.9 Å². The average molecular weight is 447 g/mol. The molecule has 1 saturated carbocycles. The van der Waals surface area contributed by atoms with Crippen LogP contribution in [0.5, 0.6) is 0 Å². The summed E-state index contributed by atoms with van der Waals surface area (Å²) < 4.78 is 0. The SMILES string of the molecule is Cc1ccc(/C=C2/SC3CCC(C(=O)NC4CCCc5ccccc54)CC3NC2=O)cc1. The number of fused-ring (bicyclic) bond motifs is 2. The maximum atomic E-state index is 13.1. The van der Waals surface area contributed by atoms with Crippen LogP contribution >= 0.6 is 11.8 Å². The molecular weight excluding hydrogens is 416 g/mol. The van der Waals surface area contributed by atoms with E-state index in [1.807, 2.05) is 18.2 Å². The summed E-state index contributed by atoms with van der Waals surface area (Å²) in [5, 5.41) is 6.86. The third-order valence-electron chi connectivity index (χ3n) is 7.04. The van der Waals surface area contributed by atoms with Crippen LogP contribution in [0.25, 0.3) is 6.08 Å². The lowest BCUT2D eigenvalue weighted by atomic mass is 9.83. The van der Waals surface area contributed by atoms with Gasteiger partial charge in [-0.1, -0.05) is 54.1 Å². The van der Waals surface area contributed by atoms with Crippen molar-refractivity contribution >= 4 is 29.7 Å². The van der Waals surface area contributed by atoms with E-state index in [2.05, 4.69) is 54.0 Å². The highest BCUT2D eigenvalue weighted by atomic mass is 32.2. The van der Waals surface area contributed by atoms with Gasteiger partial charge in [-0.05, 0) is 68.2 Å². The van der Waals surface area contributed by atoms with E-state index in [4.69, 9.17) is 0 Å². The van der Waals surface area contributed by atoms with Crippen molar-refractivity contribution < 1.29 is 9.59 Å². The fourth-order valence-electron chi connectivity index (χ4n) is 5.24. The third kappa shape index (κ3) is 4.49. The van der Waals surface area contributed by atoms with Crippen LogP contribution in [-0.2, 0) is 16.0 Å². The van der Waals surface area contributed by atoms with Crippen LogP contribution in [-0.4, -0.2) is 23.1 Å². The number of rotatable bonds is 3. The number of benzene rings is 2. The lowest BCUT2D eigenvalue weighted by molar-refractivity contribution is -0.128. The zero-order valence-electron chi connectivity index (χ0n) is 18.5. The van der Waals surface area contributed by atoms with E-state index in [0.717, 1.165) is 49.0 Å². The maximum Gasteiger partial charge on any atom is 0.257 e. The second-order valence-electron chi connectivity index (χ2n) is 9.32. The summed E-state index contributed by atoms with van der Waals surface area (Å²) >= 11 is 1.68. The smallest absolute Gasteiger partial charge is 0.257 e. The highest BCUT2D eigenvalue weighted by Crippen LogP contribution is 2.40. The minimum absolute atomic E-state index is 0.0147. The highest BCUT2D eigenvalue weighted by molar-refractivity contribution is 8.04. The molecule has 1 aliphatic heterocycles. The molecule has 2 amide bonds. The number of hydrogen-bond donors (Lipinski definition) is 2. The minimum atomic E-state index is -0.0335. The molecule has 0 bridgehead atoms. The molecule has 2 fully saturated rings. The molecular formula is C27H30N2O2S. The van der Waals surface area contributed by atoms with Gasteiger partial charge in [0.1, 0.15) is 0 Å². The zero-order chi connectivity index (χ0) is 22.1. The Balaban J connectivity index is 1.22. The van der Waals surface area contributed by atoms with Crippen LogP contribution in [0.2, 0.25) is 0 Å². The Labute approximate surface area is 194 Å². The van der Waals surface area contributed by atoms with Crippen LogP contribution < -0.4 is 10.6 Å². The van der Waals surface area contributed by atoms with E-state index in [1.165, 1.54) is 16.7 Å². The minimum Gasteiger partial charge on any atom is -0.349 e. The lowest BCUT2D eigenvalue weighted by Gasteiger charge is -2.39. The average Bonchev–Trinajstić information content (AvgIpc) is 2.81. The molecule has 0 aromatic heterocycles. The molecule has 32 heavy (non-hydrogen) atoms. The van der Waals surface area contributed by atoms with E-state index in [9.17, 15) is 9.59 Å². The summed E-state index contributed by atoms with van der Waals surface area (Å²) in [6, 6.07) is 16.9. The Kier molecular flexibility index (Phi) is 6.09. The number of nitrogens with one attached hydrogen (secondary N) is 2. The fraction of sp³-hybridized carbons (Fsp3) is 0.407. The summed E-state index contributed by atoms with van der Waals surface area (Å²) in [4.78, 5) is 26.6. The maximum absolute atomic E-state index is 13.1. The number of carbonyl (C=O) groups excluding carboxylic acids is 2. The van der Waals surface area contributed by atoms with Gasteiger partial charge in [-0.25, -0.2) is 0 Å². The van der Waals surface area contributed by atoms with Crippen LogP contribution in [0.1, 0.15) is 60.4 Å². The third-order valence-corrected chi connectivity index (χ3v) is 8.46. The van der Waals surface area contributed by atoms with Gasteiger partial charge in [0.15, 0.2) is 0 Å². The van der Waals surface area contributed by atoms with Gasteiger partial charge < -0.3 is 10.6 Å². The van der Waals surface area contributed by atoms with Crippen LogP contribution in [0.4, 0.5) is 0 Å². The van der Waals surface area contributed by atoms with E-state index in [0.29, 0.717) is 5.25 Å². The first-order valence-electron chi connectivity index (χ1n) is 11.7. The molecule has 2 aromatic rings. The number of thioether (sulfide) groups is 1. The van der Waals surface area contributed by atoms with Crippen molar-refractivity contribution in [3.63, 3.8) is 0 Å². The monoisotopic (exact) mass is 446 g/mol. The number of aryl methyl sites for hydroxylation is 2. The summed E-state index contributed by atoms with van der Waals surface area (Å²) in [6.45, 7) is 2.06. The van der Waals surface area contributed by atoms with E-state index in [1.54, 1.807) is 11.8 Å². The van der Waals surface area contributed by atoms with Gasteiger partial charge in [0, 0.05) is 17.2 Å². The van der Waals surface area contributed by atoms with Gasteiger partial charge in [-0.15, -0.1) is 11.8 Å². The summed E-state index contributed by atoms with van der Waals surface area (Å²) in [5.74, 6) is 0.0957. The van der Waals surface area contributed by atoms with Gasteiger partial charge in [0.25, 0.3) is 5.91 Å². The molecule has 4 atom stereocenters. The topological polar surface area (TPSA) is 58.2 Å². The Morgan fingerprint density at radius 3 is 2.75 bits per heavy atom. The van der Waals surface area contributed by atoms with Gasteiger partial charge in [-0.3, -0.25) is 9.59 Å². The Hall–Kier alpha value is -2.53. The van der Waals surface area contributed by atoms with Crippen molar-refractivity contribution in [2.75, 3.05) is 0 Å². The largest absolute Gasteiger partial charge is 0.349 e. The molecule has 0 spiro atoms. The highest BCUT2D eigenvalue weighted by Gasteiger charge is 2.40. The first kappa shape index (κ1) is 21.3. The molecule has 4 nitrogen and oxygen atoms in total. The molecule has 2 aromatic carbocycles. The van der Waals surface area contributed by atoms with Gasteiger partial charge >= 0.3 is 0 Å². The molecule has 3 aliphatic rings. The first-order chi connectivity index (χ1) is 15.6. The lowest BCUT2D eigenvalue weighted by Crippen LogP contribution is -2.51.